The Hall–Kier alpha value is -0.390. The van der Waals surface area contributed by atoms with Gasteiger partial charge in [0, 0.05) is 6.54 Å². The Morgan fingerprint density at radius 1 is 1.45 bits per heavy atom. The Labute approximate surface area is 67.6 Å². The lowest BCUT2D eigenvalue weighted by Crippen LogP contribution is -2.28. The molecule has 0 spiro atoms. The molecule has 0 aromatic carbocycles. The van der Waals surface area contributed by atoms with Crippen LogP contribution in [0.4, 0.5) is 13.2 Å². The van der Waals surface area contributed by atoms with Gasteiger partial charge >= 0.3 is 6.18 Å². The first-order valence-electron chi connectivity index (χ1n) is 2.90. The van der Waals surface area contributed by atoms with Crippen molar-refractivity contribution in [3.8, 4) is 0 Å². The molecule has 0 atom stereocenters. The van der Waals surface area contributed by atoms with Crippen molar-refractivity contribution in [2.24, 2.45) is 0 Å². The summed E-state index contributed by atoms with van der Waals surface area (Å²) in [7, 11) is 0. The van der Waals surface area contributed by atoms with Crippen molar-refractivity contribution in [3.63, 3.8) is 0 Å². The van der Waals surface area contributed by atoms with Crippen molar-refractivity contribution in [2.75, 3.05) is 12.3 Å². The van der Waals surface area contributed by atoms with E-state index in [-0.39, 0.29) is 12.3 Å². The number of alkyl halides is 3. The van der Waals surface area contributed by atoms with Crippen molar-refractivity contribution >= 4 is 18.5 Å². The second kappa shape index (κ2) is 4.48. The number of hydrogen-bond donors (Lipinski definition) is 2. The summed E-state index contributed by atoms with van der Waals surface area (Å²) in [5, 5.41) is 2.05. The van der Waals surface area contributed by atoms with E-state index in [4.69, 9.17) is 0 Å². The highest BCUT2D eigenvalue weighted by molar-refractivity contribution is 7.81. The summed E-state index contributed by atoms with van der Waals surface area (Å²) in [6, 6.07) is 0. The van der Waals surface area contributed by atoms with Crippen LogP contribution in [0.1, 0.15) is 6.42 Å². The number of amides is 1. The molecule has 0 fully saturated rings. The van der Waals surface area contributed by atoms with Crippen LogP contribution in [-0.4, -0.2) is 24.4 Å². The summed E-state index contributed by atoms with van der Waals surface area (Å²) in [6.07, 6.45) is -5.20. The Morgan fingerprint density at radius 3 is 2.36 bits per heavy atom. The van der Waals surface area contributed by atoms with Crippen molar-refractivity contribution in [1.82, 2.24) is 5.32 Å². The number of thiol groups is 1. The first kappa shape index (κ1) is 10.6. The zero-order chi connectivity index (χ0) is 8.91. The van der Waals surface area contributed by atoms with Crippen molar-refractivity contribution in [2.45, 2.75) is 12.6 Å². The third-order valence-corrected chi connectivity index (χ3v) is 1.16. The van der Waals surface area contributed by atoms with Crippen LogP contribution in [0.3, 0.4) is 0 Å². The van der Waals surface area contributed by atoms with Gasteiger partial charge in [0.25, 0.3) is 0 Å². The van der Waals surface area contributed by atoms with E-state index < -0.39 is 18.5 Å². The maximum Gasteiger partial charge on any atom is 0.390 e. The summed E-state index contributed by atoms with van der Waals surface area (Å²) in [5.41, 5.74) is 0. The third kappa shape index (κ3) is 7.51. The second-order valence-electron chi connectivity index (χ2n) is 1.87. The van der Waals surface area contributed by atoms with Crippen LogP contribution in [0, 0.1) is 0 Å². The minimum absolute atomic E-state index is 0.0855. The minimum atomic E-state index is -4.20. The average Bonchev–Trinajstić information content (AvgIpc) is 1.85. The van der Waals surface area contributed by atoms with E-state index in [0.29, 0.717) is 0 Å². The molecule has 0 bridgehead atoms. The van der Waals surface area contributed by atoms with Gasteiger partial charge < -0.3 is 5.32 Å². The summed E-state index contributed by atoms with van der Waals surface area (Å²) in [6.45, 7) is -0.372. The molecule has 0 aliphatic carbocycles. The van der Waals surface area contributed by atoms with Gasteiger partial charge in [-0.15, -0.1) is 0 Å². The van der Waals surface area contributed by atoms with E-state index >= 15 is 0 Å². The summed E-state index contributed by atoms with van der Waals surface area (Å²) < 4.78 is 34.3. The highest BCUT2D eigenvalue weighted by Crippen LogP contribution is 2.17. The Balaban J connectivity index is 3.35. The average molecular weight is 187 g/mol. The smallest absolute Gasteiger partial charge is 0.355 e. The number of rotatable bonds is 3. The molecule has 0 saturated heterocycles. The number of nitrogens with one attached hydrogen (secondary N) is 1. The van der Waals surface area contributed by atoms with Crippen LogP contribution in [0.15, 0.2) is 0 Å². The van der Waals surface area contributed by atoms with Gasteiger partial charge in [-0.1, -0.05) is 0 Å². The molecule has 6 heteroatoms. The Morgan fingerprint density at radius 2 is 2.00 bits per heavy atom. The molecule has 66 valence electrons. The van der Waals surface area contributed by atoms with E-state index in [1.54, 1.807) is 0 Å². The van der Waals surface area contributed by atoms with E-state index in [9.17, 15) is 18.0 Å². The highest BCUT2D eigenvalue weighted by atomic mass is 32.1. The molecule has 11 heavy (non-hydrogen) atoms. The summed E-state index contributed by atoms with van der Waals surface area (Å²) >= 11 is 3.57. The molecule has 0 unspecified atom stereocenters. The van der Waals surface area contributed by atoms with Gasteiger partial charge in [0.1, 0.15) is 0 Å². The molecule has 0 rings (SSSR count). The highest BCUT2D eigenvalue weighted by Gasteiger charge is 2.26. The quantitative estimate of drug-likeness (QED) is 0.634. The van der Waals surface area contributed by atoms with Gasteiger partial charge in [-0.2, -0.15) is 25.8 Å². The Kier molecular flexibility index (Phi) is 4.32. The number of carbonyl (C=O) groups excluding carboxylic acids is 1. The van der Waals surface area contributed by atoms with Crippen LogP contribution in [0.5, 0.6) is 0 Å². The molecule has 2 nitrogen and oxygen atoms in total. The van der Waals surface area contributed by atoms with Crippen LogP contribution < -0.4 is 5.32 Å². The molecule has 0 saturated carbocycles. The molecule has 0 aliphatic heterocycles. The zero-order valence-electron chi connectivity index (χ0n) is 5.61. The maximum atomic E-state index is 11.4. The fourth-order valence-electron chi connectivity index (χ4n) is 0.400. The standard InChI is InChI=1S/C5H8F3NOS/c6-5(7,8)1-2-9-4(10)3-11/h11H,1-3H2,(H,9,10). The van der Waals surface area contributed by atoms with E-state index in [1.807, 2.05) is 0 Å². The predicted molar refractivity (Wildman–Crippen MR) is 37.5 cm³/mol. The number of halogens is 3. The van der Waals surface area contributed by atoms with Crippen molar-refractivity contribution in [1.29, 1.82) is 0 Å². The number of carbonyl (C=O) groups is 1. The summed E-state index contributed by atoms with van der Waals surface area (Å²) in [4.78, 5) is 10.3. The van der Waals surface area contributed by atoms with Crippen LogP contribution in [-0.2, 0) is 4.79 Å². The van der Waals surface area contributed by atoms with Crippen molar-refractivity contribution < 1.29 is 18.0 Å². The Bertz CT molecular complexity index is 136. The fourth-order valence-corrected chi connectivity index (χ4v) is 0.511. The van der Waals surface area contributed by atoms with Gasteiger partial charge in [-0.25, -0.2) is 0 Å². The monoisotopic (exact) mass is 187 g/mol. The largest absolute Gasteiger partial charge is 0.390 e. The molecule has 1 N–H and O–H groups in total. The first-order valence-corrected chi connectivity index (χ1v) is 3.53. The van der Waals surface area contributed by atoms with E-state index in [0.717, 1.165) is 0 Å². The number of hydrogen-bond acceptors (Lipinski definition) is 2. The topological polar surface area (TPSA) is 29.1 Å². The van der Waals surface area contributed by atoms with Crippen LogP contribution in [0.25, 0.3) is 0 Å². The summed E-state index contributed by atoms with van der Waals surface area (Å²) in [5.74, 6) is -0.574. The van der Waals surface area contributed by atoms with E-state index in [2.05, 4.69) is 17.9 Å². The van der Waals surface area contributed by atoms with Gasteiger partial charge in [0.2, 0.25) is 5.91 Å². The van der Waals surface area contributed by atoms with Crippen LogP contribution in [0.2, 0.25) is 0 Å². The second-order valence-corrected chi connectivity index (χ2v) is 2.19. The molecule has 1 amide bonds. The van der Waals surface area contributed by atoms with Crippen LogP contribution >= 0.6 is 12.6 Å². The molecule has 0 aliphatic rings. The SMILES string of the molecule is O=C(CS)NCCC(F)(F)F. The predicted octanol–water partition coefficient (Wildman–Crippen LogP) is 0.985. The lowest BCUT2D eigenvalue weighted by molar-refractivity contribution is -0.135. The third-order valence-electron chi connectivity index (χ3n) is 0.874. The van der Waals surface area contributed by atoms with Crippen molar-refractivity contribution in [3.05, 3.63) is 0 Å². The fraction of sp³-hybridized carbons (Fsp3) is 0.800. The molecular weight excluding hydrogens is 179 g/mol. The van der Waals surface area contributed by atoms with Gasteiger partial charge in [0.05, 0.1) is 12.2 Å². The zero-order valence-corrected chi connectivity index (χ0v) is 6.51. The lowest BCUT2D eigenvalue weighted by atomic mass is 10.4. The molecule has 0 radical (unpaired) electrons. The lowest BCUT2D eigenvalue weighted by Gasteiger charge is -2.05. The molecule has 0 aromatic rings. The van der Waals surface area contributed by atoms with Gasteiger partial charge in [-0.3, -0.25) is 4.79 Å². The first-order chi connectivity index (χ1) is 4.95. The van der Waals surface area contributed by atoms with Gasteiger partial charge in [-0.05, 0) is 0 Å². The molecule has 0 heterocycles. The minimum Gasteiger partial charge on any atom is -0.355 e. The maximum absolute atomic E-state index is 11.4. The molecular formula is C5H8F3NOS. The van der Waals surface area contributed by atoms with E-state index in [1.165, 1.54) is 0 Å². The normalized spacial score (nSPS) is 11.3. The van der Waals surface area contributed by atoms with Gasteiger partial charge in [0.15, 0.2) is 0 Å². The molecule has 0 aromatic heterocycles.